The third-order valence-electron chi connectivity index (χ3n) is 6.18. The molecule has 0 radical (unpaired) electrons. The number of imide groups is 1. The summed E-state index contributed by atoms with van der Waals surface area (Å²) in [6, 6.07) is 7.41. The van der Waals surface area contributed by atoms with Crippen molar-refractivity contribution in [2.24, 2.45) is 35.5 Å². The van der Waals surface area contributed by atoms with Gasteiger partial charge in [0.1, 0.15) is 6.54 Å². The normalized spacial score (nSPS) is 37.1. The Balaban J connectivity index is 1.32. The van der Waals surface area contributed by atoms with E-state index >= 15 is 0 Å². The summed E-state index contributed by atoms with van der Waals surface area (Å²) >= 11 is 2.19. The number of halogens is 1. The highest BCUT2D eigenvalue weighted by Gasteiger charge is 2.67. The molecule has 2 bridgehead atoms. The number of nitrogens with one attached hydrogen (secondary N) is 1. The minimum absolute atomic E-state index is 0.155. The first-order valence-electron chi connectivity index (χ1n) is 8.63. The molecule has 0 aromatic heterocycles. The minimum atomic E-state index is -0.327. The molecule has 3 amide bonds. The zero-order chi connectivity index (χ0) is 17.3. The number of benzene rings is 1. The fourth-order valence-corrected chi connectivity index (χ4v) is 5.41. The average molecular weight is 448 g/mol. The lowest BCUT2D eigenvalue weighted by Crippen LogP contribution is -2.40. The summed E-state index contributed by atoms with van der Waals surface area (Å²) < 4.78 is 1.08. The second-order valence-electron chi connectivity index (χ2n) is 7.47. The van der Waals surface area contributed by atoms with Gasteiger partial charge in [0.15, 0.2) is 0 Å². The molecule has 1 aliphatic heterocycles. The predicted molar refractivity (Wildman–Crippen MR) is 99.2 cm³/mol. The molecule has 1 heterocycles. The van der Waals surface area contributed by atoms with Crippen LogP contribution >= 0.6 is 22.6 Å². The van der Waals surface area contributed by atoms with Crippen LogP contribution in [0.3, 0.4) is 0 Å². The van der Waals surface area contributed by atoms with Gasteiger partial charge in [-0.25, -0.2) is 0 Å². The first kappa shape index (κ1) is 15.5. The first-order valence-corrected chi connectivity index (χ1v) is 9.71. The largest absolute Gasteiger partial charge is 0.325 e. The summed E-state index contributed by atoms with van der Waals surface area (Å²) in [6.45, 7) is -0.189. The highest BCUT2D eigenvalue weighted by molar-refractivity contribution is 14.1. The first-order chi connectivity index (χ1) is 12.0. The SMILES string of the molecule is O=C(CN1C(=O)[C@@H]2[C@H]3C=C[C@@H]([C@@H]4C[C@H]34)[C@@H]2C1=O)Nc1ccc(I)cc1. The number of carbonyl (C=O) groups excluding carboxylic acids is 3. The van der Waals surface area contributed by atoms with Crippen molar-refractivity contribution in [3.63, 3.8) is 0 Å². The van der Waals surface area contributed by atoms with Crippen LogP contribution in [0.1, 0.15) is 6.42 Å². The molecule has 3 fully saturated rings. The molecule has 0 unspecified atom stereocenters. The number of allylic oxidation sites excluding steroid dienone is 2. The Labute approximate surface area is 159 Å². The Bertz CT molecular complexity index is 782. The van der Waals surface area contributed by atoms with E-state index in [4.69, 9.17) is 0 Å². The molecule has 25 heavy (non-hydrogen) atoms. The predicted octanol–water partition coefficient (Wildman–Crippen LogP) is 2.28. The van der Waals surface area contributed by atoms with Gasteiger partial charge in [-0.3, -0.25) is 19.3 Å². The Morgan fingerprint density at radius 3 is 2.16 bits per heavy atom. The summed E-state index contributed by atoms with van der Waals surface area (Å²) in [5.74, 6) is 0.431. The summed E-state index contributed by atoms with van der Waals surface area (Å²) in [7, 11) is 0. The lowest BCUT2D eigenvalue weighted by molar-refractivity contribution is -0.142. The molecular weight excluding hydrogens is 431 g/mol. The van der Waals surface area contributed by atoms with Gasteiger partial charge in [-0.05, 0) is 76.9 Å². The number of anilines is 1. The lowest BCUT2D eigenvalue weighted by Gasteiger charge is -2.37. The Morgan fingerprint density at radius 2 is 1.60 bits per heavy atom. The molecule has 6 heteroatoms. The van der Waals surface area contributed by atoms with E-state index in [0.29, 0.717) is 17.5 Å². The van der Waals surface area contributed by atoms with Crippen LogP contribution < -0.4 is 5.32 Å². The van der Waals surface area contributed by atoms with E-state index < -0.39 is 0 Å². The molecule has 128 valence electrons. The van der Waals surface area contributed by atoms with E-state index in [-0.39, 0.29) is 47.9 Å². The molecule has 0 spiro atoms. The van der Waals surface area contributed by atoms with Crippen LogP contribution in [-0.2, 0) is 14.4 Å². The zero-order valence-electron chi connectivity index (χ0n) is 13.4. The van der Waals surface area contributed by atoms with Crippen molar-refractivity contribution in [1.82, 2.24) is 4.90 Å². The van der Waals surface area contributed by atoms with Crippen molar-refractivity contribution >= 4 is 46.0 Å². The number of likely N-dealkylation sites (tertiary alicyclic amines) is 1. The molecule has 1 saturated heterocycles. The Morgan fingerprint density at radius 1 is 1.04 bits per heavy atom. The lowest BCUT2D eigenvalue weighted by atomic mass is 9.63. The molecule has 2 saturated carbocycles. The van der Waals surface area contributed by atoms with Crippen molar-refractivity contribution in [2.45, 2.75) is 6.42 Å². The van der Waals surface area contributed by atoms with Gasteiger partial charge < -0.3 is 5.32 Å². The van der Waals surface area contributed by atoms with E-state index in [1.807, 2.05) is 24.3 Å². The van der Waals surface area contributed by atoms with Crippen LogP contribution in [0.25, 0.3) is 0 Å². The van der Waals surface area contributed by atoms with Gasteiger partial charge in [-0.15, -0.1) is 0 Å². The Kier molecular flexibility index (Phi) is 3.36. The average Bonchev–Trinajstić information content (AvgIpc) is 3.38. The van der Waals surface area contributed by atoms with Crippen LogP contribution in [0.5, 0.6) is 0 Å². The number of hydrogen-bond acceptors (Lipinski definition) is 3. The molecule has 1 aromatic carbocycles. The number of amides is 3. The number of nitrogens with zero attached hydrogens (tertiary/aromatic N) is 1. The van der Waals surface area contributed by atoms with Crippen molar-refractivity contribution in [2.75, 3.05) is 11.9 Å². The van der Waals surface area contributed by atoms with E-state index in [9.17, 15) is 14.4 Å². The smallest absolute Gasteiger partial charge is 0.244 e. The standard InChI is InChI=1S/C19H17IN2O3/c20-9-1-3-10(4-2-9)21-15(23)8-22-18(24)16-11-5-6-12(14-7-13(11)14)17(16)19(22)25/h1-6,11-14,16-17H,7-8H2,(H,21,23)/t11-,12-,13-,14+,16-,17+/m0/s1. The summed E-state index contributed by atoms with van der Waals surface area (Å²) in [6.07, 6.45) is 5.42. The zero-order valence-corrected chi connectivity index (χ0v) is 15.5. The second-order valence-corrected chi connectivity index (χ2v) is 8.72. The van der Waals surface area contributed by atoms with Gasteiger partial charge in [0.2, 0.25) is 17.7 Å². The van der Waals surface area contributed by atoms with Crippen LogP contribution in [0, 0.1) is 39.1 Å². The van der Waals surface area contributed by atoms with Crippen molar-refractivity contribution in [3.05, 3.63) is 40.0 Å². The van der Waals surface area contributed by atoms with Gasteiger partial charge in [0.25, 0.3) is 0 Å². The fourth-order valence-electron chi connectivity index (χ4n) is 5.05. The highest BCUT2D eigenvalue weighted by Crippen LogP contribution is 2.65. The minimum Gasteiger partial charge on any atom is -0.325 e. The van der Waals surface area contributed by atoms with Crippen molar-refractivity contribution < 1.29 is 14.4 Å². The van der Waals surface area contributed by atoms with Gasteiger partial charge in [0, 0.05) is 9.26 Å². The molecule has 5 aliphatic rings. The van der Waals surface area contributed by atoms with Gasteiger partial charge in [-0.1, -0.05) is 12.2 Å². The molecular formula is C19H17IN2O3. The quantitative estimate of drug-likeness (QED) is 0.439. The van der Waals surface area contributed by atoms with Crippen molar-refractivity contribution in [1.29, 1.82) is 0 Å². The highest BCUT2D eigenvalue weighted by atomic mass is 127. The summed E-state index contributed by atoms with van der Waals surface area (Å²) in [5, 5.41) is 2.77. The maximum atomic E-state index is 12.8. The maximum absolute atomic E-state index is 12.8. The van der Waals surface area contributed by atoms with Gasteiger partial charge >= 0.3 is 0 Å². The third-order valence-corrected chi connectivity index (χ3v) is 6.90. The van der Waals surface area contributed by atoms with Gasteiger partial charge in [-0.2, -0.15) is 0 Å². The number of hydrogen-bond donors (Lipinski definition) is 1. The van der Waals surface area contributed by atoms with Crippen LogP contribution in [0.2, 0.25) is 0 Å². The molecule has 6 rings (SSSR count). The third kappa shape index (κ3) is 2.29. The van der Waals surface area contributed by atoms with E-state index in [1.54, 1.807) is 0 Å². The molecule has 5 nitrogen and oxygen atoms in total. The Hall–Kier alpha value is -1.70. The van der Waals surface area contributed by atoms with Crippen molar-refractivity contribution in [3.8, 4) is 0 Å². The van der Waals surface area contributed by atoms with E-state index in [0.717, 1.165) is 9.99 Å². The fraction of sp³-hybridized carbons (Fsp3) is 0.421. The number of carbonyl (C=O) groups is 3. The molecule has 6 atom stereocenters. The summed E-state index contributed by atoms with van der Waals surface area (Å²) in [5.41, 5.74) is 0.671. The molecule has 1 aromatic rings. The van der Waals surface area contributed by atoms with Crippen LogP contribution in [0.15, 0.2) is 36.4 Å². The van der Waals surface area contributed by atoms with Crippen LogP contribution in [0.4, 0.5) is 5.69 Å². The molecule has 4 aliphatic carbocycles. The van der Waals surface area contributed by atoms with E-state index in [1.165, 1.54) is 4.90 Å². The van der Waals surface area contributed by atoms with Crippen LogP contribution in [-0.4, -0.2) is 29.2 Å². The van der Waals surface area contributed by atoms with Gasteiger partial charge in [0.05, 0.1) is 11.8 Å². The number of rotatable bonds is 3. The monoisotopic (exact) mass is 448 g/mol. The molecule has 1 N–H and O–H groups in total. The topological polar surface area (TPSA) is 66.5 Å². The second kappa shape index (κ2) is 5.40. The summed E-state index contributed by atoms with van der Waals surface area (Å²) in [4.78, 5) is 39.2. The maximum Gasteiger partial charge on any atom is 0.244 e. The van der Waals surface area contributed by atoms with E-state index in [2.05, 4.69) is 40.1 Å².